The molecule has 0 bridgehead atoms. The molecule has 2 heterocycles. The summed E-state index contributed by atoms with van der Waals surface area (Å²) in [5.41, 5.74) is -1.95. The van der Waals surface area contributed by atoms with E-state index in [1.807, 2.05) is 5.43 Å². The number of hydrogen-bond acceptors (Lipinski definition) is 3. The number of carbonyl (C=O) groups is 1. The number of nitrogens with zero attached hydrogens (tertiary/aromatic N) is 2. The minimum absolute atomic E-state index is 0.0470. The maximum absolute atomic E-state index is 13.3. The summed E-state index contributed by atoms with van der Waals surface area (Å²) in [6.45, 7) is 0. The first-order chi connectivity index (χ1) is 11.8. The van der Waals surface area contributed by atoms with Crippen molar-refractivity contribution in [3.05, 3.63) is 66.1 Å². The maximum atomic E-state index is 13.3. The number of alkyl halides is 4. The van der Waals surface area contributed by atoms with Crippen molar-refractivity contribution >= 4 is 5.91 Å². The lowest BCUT2D eigenvalue weighted by molar-refractivity contribution is -0.146. The number of aromatic nitrogens is 1. The van der Waals surface area contributed by atoms with E-state index in [4.69, 9.17) is 0 Å². The standard InChI is InChI=1S/C16H13F4N3O2/c17-13(18)11-9-16(25,15(19)20)23(21-11)14(24)10-5-1-2-6-12(10)22-7-3-4-8-22/h1-9,13,15,21,25H. The monoisotopic (exact) mass is 355 g/mol. The second kappa shape index (κ2) is 6.25. The van der Waals surface area contributed by atoms with Gasteiger partial charge in [0, 0.05) is 18.5 Å². The van der Waals surface area contributed by atoms with Crippen LogP contribution in [0, 0.1) is 0 Å². The Bertz CT molecular complexity index is 807. The van der Waals surface area contributed by atoms with Crippen LogP contribution < -0.4 is 5.43 Å². The van der Waals surface area contributed by atoms with Crippen LogP contribution in [0.5, 0.6) is 0 Å². The highest BCUT2D eigenvalue weighted by molar-refractivity contribution is 5.98. The van der Waals surface area contributed by atoms with Gasteiger partial charge in [-0.3, -0.25) is 10.2 Å². The van der Waals surface area contributed by atoms with Gasteiger partial charge in [0.2, 0.25) is 5.72 Å². The fourth-order valence-electron chi connectivity index (χ4n) is 2.53. The molecule has 1 aliphatic rings. The Morgan fingerprint density at radius 1 is 1.08 bits per heavy atom. The summed E-state index contributed by atoms with van der Waals surface area (Å²) in [5, 5.41) is 10.2. The zero-order valence-corrected chi connectivity index (χ0v) is 12.6. The molecule has 1 aromatic heterocycles. The topological polar surface area (TPSA) is 57.5 Å². The first-order valence-electron chi connectivity index (χ1n) is 7.19. The number of hydrogen-bond donors (Lipinski definition) is 2. The highest BCUT2D eigenvalue weighted by Gasteiger charge is 2.51. The number of allylic oxidation sites excluding steroid dienone is 1. The highest BCUT2D eigenvalue weighted by Crippen LogP contribution is 2.32. The quantitative estimate of drug-likeness (QED) is 0.829. The van der Waals surface area contributed by atoms with E-state index in [9.17, 15) is 27.5 Å². The number of hydrazine groups is 1. The number of para-hydroxylation sites is 1. The first-order valence-corrected chi connectivity index (χ1v) is 7.19. The molecule has 1 aliphatic heterocycles. The van der Waals surface area contributed by atoms with Gasteiger partial charge in [-0.1, -0.05) is 12.1 Å². The molecule has 2 N–H and O–H groups in total. The van der Waals surface area contributed by atoms with Crippen molar-refractivity contribution in [3.8, 4) is 5.69 Å². The number of halogens is 4. The summed E-state index contributed by atoms with van der Waals surface area (Å²) in [4.78, 5) is 12.7. The highest BCUT2D eigenvalue weighted by atomic mass is 19.3. The first kappa shape index (κ1) is 17.0. The molecule has 2 aromatic rings. The molecule has 1 aromatic carbocycles. The molecule has 1 atom stereocenters. The molecule has 0 aliphatic carbocycles. The molecule has 5 nitrogen and oxygen atoms in total. The van der Waals surface area contributed by atoms with Crippen molar-refractivity contribution < 1.29 is 27.5 Å². The molecule has 0 saturated carbocycles. The molecular formula is C16H13F4N3O2. The fraction of sp³-hybridized carbons (Fsp3) is 0.188. The van der Waals surface area contributed by atoms with Crippen LogP contribution in [0.25, 0.3) is 5.69 Å². The smallest absolute Gasteiger partial charge is 0.291 e. The minimum Gasteiger partial charge on any atom is -0.361 e. The van der Waals surface area contributed by atoms with Crippen molar-refractivity contribution in [1.29, 1.82) is 0 Å². The zero-order valence-electron chi connectivity index (χ0n) is 12.6. The average molecular weight is 355 g/mol. The van der Waals surface area contributed by atoms with E-state index in [2.05, 4.69) is 0 Å². The summed E-state index contributed by atoms with van der Waals surface area (Å²) in [5.74, 6) is -1.07. The van der Waals surface area contributed by atoms with Crippen LogP contribution >= 0.6 is 0 Å². The third kappa shape index (κ3) is 2.86. The van der Waals surface area contributed by atoms with Crippen molar-refractivity contribution in [2.45, 2.75) is 18.6 Å². The van der Waals surface area contributed by atoms with Crippen molar-refractivity contribution in [1.82, 2.24) is 15.0 Å². The molecule has 9 heteroatoms. The molecule has 0 saturated heterocycles. The molecule has 25 heavy (non-hydrogen) atoms. The number of aliphatic hydroxyl groups is 1. The third-order valence-electron chi connectivity index (χ3n) is 3.74. The number of amides is 1. The Hall–Kier alpha value is -2.81. The van der Waals surface area contributed by atoms with Crippen molar-refractivity contribution in [2.75, 3.05) is 0 Å². The van der Waals surface area contributed by atoms with Gasteiger partial charge in [0.15, 0.2) is 0 Å². The van der Waals surface area contributed by atoms with Gasteiger partial charge in [-0.25, -0.2) is 22.6 Å². The molecule has 0 radical (unpaired) electrons. The van der Waals surface area contributed by atoms with Crippen LogP contribution in [0.2, 0.25) is 0 Å². The zero-order chi connectivity index (χ0) is 18.2. The Labute approximate surface area is 139 Å². The maximum Gasteiger partial charge on any atom is 0.291 e. The minimum atomic E-state index is -3.49. The van der Waals surface area contributed by atoms with E-state index < -0.39 is 30.2 Å². The lowest BCUT2D eigenvalue weighted by Crippen LogP contribution is -2.56. The van der Waals surface area contributed by atoms with E-state index in [1.165, 1.54) is 12.1 Å². The summed E-state index contributed by atoms with van der Waals surface area (Å²) < 4.78 is 53.8. The van der Waals surface area contributed by atoms with E-state index in [0.29, 0.717) is 5.69 Å². The van der Waals surface area contributed by atoms with E-state index in [-0.39, 0.29) is 16.6 Å². The number of carbonyl (C=O) groups excluding carboxylic acids is 1. The van der Waals surface area contributed by atoms with Crippen molar-refractivity contribution in [2.24, 2.45) is 0 Å². The van der Waals surface area contributed by atoms with E-state index in [1.54, 1.807) is 41.2 Å². The summed E-state index contributed by atoms with van der Waals surface area (Å²) in [7, 11) is 0. The van der Waals surface area contributed by atoms with Crippen LogP contribution in [-0.2, 0) is 0 Å². The molecule has 132 valence electrons. The lowest BCUT2D eigenvalue weighted by Gasteiger charge is -2.32. The van der Waals surface area contributed by atoms with Gasteiger partial charge >= 0.3 is 0 Å². The van der Waals surface area contributed by atoms with Gasteiger partial charge in [-0.15, -0.1) is 0 Å². The Kier molecular flexibility index (Phi) is 4.25. The molecule has 0 spiro atoms. The Morgan fingerprint density at radius 2 is 1.72 bits per heavy atom. The van der Waals surface area contributed by atoms with Gasteiger partial charge < -0.3 is 9.67 Å². The molecule has 1 unspecified atom stereocenters. The number of benzene rings is 1. The second-order valence-corrected chi connectivity index (χ2v) is 5.34. The molecular weight excluding hydrogens is 342 g/mol. The third-order valence-corrected chi connectivity index (χ3v) is 3.74. The van der Waals surface area contributed by atoms with Gasteiger partial charge in [0.05, 0.1) is 16.9 Å². The van der Waals surface area contributed by atoms with Crippen LogP contribution in [0.4, 0.5) is 17.6 Å². The largest absolute Gasteiger partial charge is 0.361 e. The van der Waals surface area contributed by atoms with Crippen LogP contribution in [0.15, 0.2) is 60.6 Å². The van der Waals surface area contributed by atoms with Crippen molar-refractivity contribution in [3.63, 3.8) is 0 Å². The van der Waals surface area contributed by atoms with E-state index >= 15 is 0 Å². The lowest BCUT2D eigenvalue weighted by atomic mass is 10.1. The summed E-state index contributed by atoms with van der Waals surface area (Å²) >= 11 is 0. The summed E-state index contributed by atoms with van der Waals surface area (Å²) in [6, 6.07) is 9.44. The van der Waals surface area contributed by atoms with E-state index in [0.717, 1.165) is 0 Å². The number of rotatable bonds is 4. The molecule has 1 amide bonds. The van der Waals surface area contributed by atoms with Gasteiger partial charge in [-0.05, 0) is 24.3 Å². The predicted octanol–water partition coefficient (Wildman–Crippen LogP) is 2.54. The Balaban J connectivity index is 2.02. The summed E-state index contributed by atoms with van der Waals surface area (Å²) in [6.07, 6.45) is -3.11. The normalized spacial score (nSPS) is 20.1. The van der Waals surface area contributed by atoms with Crippen LogP contribution in [0.3, 0.4) is 0 Å². The second-order valence-electron chi connectivity index (χ2n) is 5.34. The molecule has 3 rings (SSSR count). The Morgan fingerprint density at radius 3 is 2.32 bits per heavy atom. The average Bonchev–Trinajstić information content (AvgIpc) is 3.22. The van der Waals surface area contributed by atoms with Crippen LogP contribution in [0.1, 0.15) is 10.4 Å². The van der Waals surface area contributed by atoms with Gasteiger partial charge in [0.25, 0.3) is 18.8 Å². The fourth-order valence-corrected chi connectivity index (χ4v) is 2.53. The number of nitrogens with one attached hydrogen (secondary N) is 1. The van der Waals surface area contributed by atoms with Gasteiger partial charge in [-0.2, -0.15) is 0 Å². The predicted molar refractivity (Wildman–Crippen MR) is 80.1 cm³/mol. The van der Waals surface area contributed by atoms with Gasteiger partial charge in [0.1, 0.15) is 0 Å². The SMILES string of the molecule is O=C(c1ccccc1-n1cccc1)N1NC(C(F)F)=CC1(O)C(F)F. The molecule has 0 fully saturated rings. The van der Waals surface area contributed by atoms with Crippen LogP contribution in [-0.4, -0.2) is 39.2 Å².